The van der Waals surface area contributed by atoms with Crippen molar-refractivity contribution >= 4 is 27.5 Å². The molecule has 0 aromatic heterocycles. The predicted octanol–water partition coefficient (Wildman–Crippen LogP) is 0.818. The number of likely N-dealkylation sites (N-methyl/N-ethyl adjacent to an activating group) is 1. The van der Waals surface area contributed by atoms with Gasteiger partial charge in [0, 0.05) is 26.5 Å². The van der Waals surface area contributed by atoms with Gasteiger partial charge < -0.3 is 10.2 Å². The zero-order valence-electron chi connectivity index (χ0n) is 7.39. The average molecular weight is 244 g/mol. The number of allylic oxidation sites excluding steroid dienone is 1. The van der Waals surface area contributed by atoms with Gasteiger partial charge in [0.15, 0.2) is 0 Å². The van der Waals surface area contributed by atoms with Crippen LogP contribution in [0.1, 0.15) is 0 Å². The molecule has 5 heteroatoms. The van der Waals surface area contributed by atoms with Crippen molar-refractivity contribution in [2.75, 3.05) is 14.1 Å². The Bertz CT molecular complexity index is 319. The van der Waals surface area contributed by atoms with Crippen molar-refractivity contribution in [1.29, 1.82) is 5.41 Å². The molecule has 1 aliphatic rings. The van der Waals surface area contributed by atoms with Crippen LogP contribution in [-0.2, 0) is 4.79 Å². The van der Waals surface area contributed by atoms with Gasteiger partial charge in [0.2, 0.25) is 0 Å². The third kappa shape index (κ3) is 1.80. The number of nitrogens with one attached hydrogen (secondary N) is 2. The van der Waals surface area contributed by atoms with Crippen molar-refractivity contribution < 1.29 is 4.79 Å². The minimum absolute atomic E-state index is 0.178. The molecule has 1 aliphatic heterocycles. The Morgan fingerprint density at radius 3 is 2.85 bits per heavy atom. The molecule has 1 heterocycles. The molecule has 4 nitrogen and oxygen atoms in total. The van der Waals surface area contributed by atoms with Gasteiger partial charge in [0.05, 0.1) is 15.8 Å². The largest absolute Gasteiger partial charge is 0.393 e. The summed E-state index contributed by atoms with van der Waals surface area (Å²) in [6, 6.07) is 0. The molecule has 0 radical (unpaired) electrons. The van der Waals surface area contributed by atoms with E-state index < -0.39 is 0 Å². The lowest BCUT2D eigenvalue weighted by Crippen LogP contribution is -2.32. The normalized spacial score (nSPS) is 20.7. The number of rotatable bonds is 1. The highest BCUT2D eigenvalue weighted by molar-refractivity contribution is 9.12. The van der Waals surface area contributed by atoms with Crippen molar-refractivity contribution in [1.82, 2.24) is 10.2 Å². The van der Waals surface area contributed by atoms with Gasteiger partial charge in [-0.2, -0.15) is 0 Å². The van der Waals surface area contributed by atoms with Crippen LogP contribution in [0.25, 0.3) is 0 Å². The first-order valence-electron chi connectivity index (χ1n) is 3.69. The summed E-state index contributed by atoms with van der Waals surface area (Å²) in [5.74, 6) is -0.178. The molecule has 0 spiro atoms. The number of nitrogens with zero attached hydrogens (tertiary/aromatic N) is 1. The molecular weight excluding hydrogens is 234 g/mol. The van der Waals surface area contributed by atoms with E-state index >= 15 is 0 Å². The van der Waals surface area contributed by atoms with Crippen LogP contribution in [0.2, 0.25) is 0 Å². The fraction of sp³-hybridized carbons (Fsp3) is 0.250. The quantitative estimate of drug-likeness (QED) is 0.671. The molecule has 0 atom stereocenters. The van der Waals surface area contributed by atoms with E-state index in [0.717, 1.165) is 0 Å². The highest BCUT2D eigenvalue weighted by atomic mass is 79.9. The van der Waals surface area contributed by atoms with Crippen LogP contribution in [-0.4, -0.2) is 30.6 Å². The molecule has 0 aromatic rings. The second-order valence-electron chi connectivity index (χ2n) is 2.61. The molecule has 0 aromatic carbocycles. The minimum Gasteiger partial charge on any atom is -0.393 e. The van der Waals surface area contributed by atoms with Gasteiger partial charge in [0.25, 0.3) is 5.91 Å². The maximum Gasteiger partial charge on any atom is 0.261 e. The standard InChI is InChI=1S/C8H10BrN3O/c1-11-3-5-7(10)6(9)4-12(2)8(5)13/h3-4,10-11H,1-2H3/b5-3+,10-7?. The summed E-state index contributed by atoms with van der Waals surface area (Å²) in [5, 5.41) is 10.3. The summed E-state index contributed by atoms with van der Waals surface area (Å²) >= 11 is 3.21. The van der Waals surface area contributed by atoms with E-state index in [-0.39, 0.29) is 11.6 Å². The molecule has 0 aliphatic carbocycles. The summed E-state index contributed by atoms with van der Waals surface area (Å²) in [7, 11) is 3.35. The van der Waals surface area contributed by atoms with Crippen molar-refractivity contribution in [3.8, 4) is 0 Å². The van der Waals surface area contributed by atoms with Gasteiger partial charge in [0.1, 0.15) is 0 Å². The Morgan fingerprint density at radius 2 is 2.31 bits per heavy atom. The zero-order valence-corrected chi connectivity index (χ0v) is 8.97. The molecular formula is C8H10BrN3O. The number of hydrogen-bond acceptors (Lipinski definition) is 3. The Labute approximate surface area is 84.9 Å². The van der Waals surface area contributed by atoms with Gasteiger partial charge in [-0.05, 0) is 15.9 Å². The second-order valence-corrected chi connectivity index (χ2v) is 3.47. The third-order valence-electron chi connectivity index (χ3n) is 1.65. The van der Waals surface area contributed by atoms with Crippen LogP contribution >= 0.6 is 15.9 Å². The van der Waals surface area contributed by atoms with E-state index in [0.29, 0.717) is 10.1 Å². The van der Waals surface area contributed by atoms with Gasteiger partial charge in [-0.25, -0.2) is 0 Å². The van der Waals surface area contributed by atoms with Gasteiger partial charge in [-0.1, -0.05) is 0 Å². The van der Waals surface area contributed by atoms with Crippen LogP contribution < -0.4 is 5.32 Å². The Kier molecular flexibility index (Phi) is 2.87. The first kappa shape index (κ1) is 9.98. The number of carbonyl (C=O) groups excluding carboxylic acids is 1. The Hall–Kier alpha value is -1.10. The summed E-state index contributed by atoms with van der Waals surface area (Å²) in [6.45, 7) is 0. The molecule has 0 bridgehead atoms. The van der Waals surface area contributed by atoms with Crippen LogP contribution in [0.4, 0.5) is 0 Å². The van der Waals surface area contributed by atoms with Gasteiger partial charge in [-0.15, -0.1) is 0 Å². The average Bonchev–Trinajstić information content (AvgIpc) is 2.09. The molecule has 0 saturated heterocycles. The lowest BCUT2D eigenvalue weighted by atomic mass is 10.1. The number of hydrogen-bond donors (Lipinski definition) is 2. The van der Waals surface area contributed by atoms with Crippen molar-refractivity contribution in [2.24, 2.45) is 0 Å². The van der Waals surface area contributed by atoms with E-state index in [4.69, 9.17) is 5.41 Å². The molecule has 13 heavy (non-hydrogen) atoms. The number of halogens is 1. The molecule has 2 N–H and O–H groups in total. The van der Waals surface area contributed by atoms with Crippen LogP contribution in [0.15, 0.2) is 22.5 Å². The smallest absolute Gasteiger partial charge is 0.261 e. The SMILES string of the molecule is CN/C=C1\C(=N)C(Br)=CN(C)C1=O. The summed E-state index contributed by atoms with van der Waals surface area (Å²) in [6.07, 6.45) is 3.10. The van der Waals surface area contributed by atoms with E-state index in [1.807, 2.05) is 0 Å². The van der Waals surface area contributed by atoms with Crippen molar-refractivity contribution in [3.63, 3.8) is 0 Å². The Balaban J connectivity index is 3.12. The minimum atomic E-state index is -0.178. The van der Waals surface area contributed by atoms with Crippen molar-refractivity contribution in [3.05, 3.63) is 22.5 Å². The first-order valence-corrected chi connectivity index (χ1v) is 4.48. The number of amides is 1. The highest BCUT2D eigenvalue weighted by Gasteiger charge is 2.24. The van der Waals surface area contributed by atoms with Gasteiger partial charge in [-0.3, -0.25) is 10.2 Å². The fourth-order valence-corrected chi connectivity index (χ4v) is 1.52. The summed E-state index contributed by atoms with van der Waals surface area (Å²) in [4.78, 5) is 12.9. The third-order valence-corrected chi connectivity index (χ3v) is 2.26. The van der Waals surface area contributed by atoms with Crippen LogP contribution in [0.5, 0.6) is 0 Å². The summed E-state index contributed by atoms with van der Waals surface area (Å²) < 4.78 is 0.608. The highest BCUT2D eigenvalue weighted by Crippen LogP contribution is 2.20. The predicted molar refractivity (Wildman–Crippen MR) is 54.6 cm³/mol. The van der Waals surface area contributed by atoms with E-state index in [2.05, 4.69) is 21.2 Å². The van der Waals surface area contributed by atoms with E-state index in [1.165, 1.54) is 11.1 Å². The van der Waals surface area contributed by atoms with Crippen LogP contribution in [0.3, 0.4) is 0 Å². The maximum absolute atomic E-state index is 11.5. The lowest BCUT2D eigenvalue weighted by Gasteiger charge is -2.21. The Morgan fingerprint density at radius 1 is 1.69 bits per heavy atom. The molecule has 0 fully saturated rings. The van der Waals surface area contributed by atoms with Crippen molar-refractivity contribution in [2.45, 2.75) is 0 Å². The van der Waals surface area contributed by atoms with Gasteiger partial charge >= 0.3 is 0 Å². The summed E-state index contributed by atoms with van der Waals surface area (Å²) in [5.41, 5.74) is 0.567. The monoisotopic (exact) mass is 243 g/mol. The molecule has 0 unspecified atom stereocenters. The molecule has 0 saturated carbocycles. The maximum atomic E-state index is 11.5. The number of carbonyl (C=O) groups is 1. The lowest BCUT2D eigenvalue weighted by molar-refractivity contribution is -0.123. The zero-order chi connectivity index (χ0) is 10.0. The molecule has 1 rings (SSSR count). The molecule has 70 valence electrons. The van der Waals surface area contributed by atoms with Crippen LogP contribution in [0, 0.1) is 5.41 Å². The fourth-order valence-electron chi connectivity index (χ4n) is 0.997. The molecule has 1 amide bonds. The topological polar surface area (TPSA) is 56.2 Å². The first-order chi connectivity index (χ1) is 6.07. The second kappa shape index (κ2) is 3.74. The van der Waals surface area contributed by atoms with E-state index in [9.17, 15) is 4.79 Å². The van der Waals surface area contributed by atoms with E-state index in [1.54, 1.807) is 20.3 Å².